The Balaban J connectivity index is 2.40. The first-order valence-electron chi connectivity index (χ1n) is 5.07. The fourth-order valence-corrected chi connectivity index (χ4v) is 2.54. The molecule has 9 heteroatoms. The fraction of sp³-hybridized carbons (Fsp3) is 0. The number of nitrogens with two attached hydrogens (primary N) is 1. The maximum atomic E-state index is 13.5. The Morgan fingerprint density at radius 2 is 2.11 bits per heavy atom. The molecule has 19 heavy (non-hydrogen) atoms. The SMILES string of the molecule is N=C(N)c1cn[nH]c1NS(=O)(=O)c1ccccc1F. The van der Waals surface area contributed by atoms with Crippen LogP contribution in [0.4, 0.5) is 10.2 Å². The van der Waals surface area contributed by atoms with Gasteiger partial charge in [-0.05, 0) is 12.1 Å². The summed E-state index contributed by atoms with van der Waals surface area (Å²) in [7, 11) is -4.12. The highest BCUT2D eigenvalue weighted by Gasteiger charge is 2.21. The number of aromatic nitrogens is 2. The summed E-state index contributed by atoms with van der Waals surface area (Å²) in [5.41, 5.74) is 5.34. The number of nitrogens with zero attached hydrogens (tertiary/aromatic N) is 1. The van der Waals surface area contributed by atoms with Crippen LogP contribution in [0, 0.1) is 11.2 Å². The highest BCUT2D eigenvalue weighted by molar-refractivity contribution is 7.92. The molecule has 0 saturated heterocycles. The number of hydrogen-bond acceptors (Lipinski definition) is 4. The highest BCUT2D eigenvalue weighted by Crippen LogP contribution is 2.19. The summed E-state index contributed by atoms with van der Waals surface area (Å²) in [6.45, 7) is 0. The quantitative estimate of drug-likeness (QED) is 0.485. The van der Waals surface area contributed by atoms with E-state index in [1.165, 1.54) is 18.3 Å². The molecule has 0 spiro atoms. The number of amidine groups is 1. The number of nitrogens with one attached hydrogen (secondary N) is 3. The van der Waals surface area contributed by atoms with Crippen molar-refractivity contribution in [3.8, 4) is 0 Å². The van der Waals surface area contributed by atoms with E-state index >= 15 is 0 Å². The van der Waals surface area contributed by atoms with Crippen LogP contribution in [0.2, 0.25) is 0 Å². The van der Waals surface area contributed by atoms with Gasteiger partial charge in [0.1, 0.15) is 22.4 Å². The van der Waals surface area contributed by atoms with Crippen LogP contribution in [-0.4, -0.2) is 24.5 Å². The Kier molecular flexibility index (Phi) is 3.21. The van der Waals surface area contributed by atoms with Gasteiger partial charge < -0.3 is 5.73 Å². The molecule has 2 rings (SSSR count). The van der Waals surface area contributed by atoms with Crippen LogP contribution in [0.1, 0.15) is 5.56 Å². The summed E-state index contributed by atoms with van der Waals surface area (Å²) in [4.78, 5) is -0.501. The lowest BCUT2D eigenvalue weighted by Crippen LogP contribution is -2.18. The molecule has 0 bridgehead atoms. The molecule has 1 aromatic heterocycles. The van der Waals surface area contributed by atoms with Crippen LogP contribution in [0.5, 0.6) is 0 Å². The average Bonchev–Trinajstić information content (AvgIpc) is 2.76. The van der Waals surface area contributed by atoms with Gasteiger partial charge in [-0.3, -0.25) is 15.2 Å². The minimum atomic E-state index is -4.12. The first-order valence-corrected chi connectivity index (χ1v) is 6.55. The standard InChI is InChI=1S/C10H10FN5O2S/c11-7-3-1-2-4-8(7)19(17,18)16-10-6(9(12)13)5-14-15-10/h1-5H,(H3,12,13)(H2,14,15,16). The zero-order valence-electron chi connectivity index (χ0n) is 9.51. The van der Waals surface area contributed by atoms with Gasteiger partial charge in [0.15, 0.2) is 0 Å². The van der Waals surface area contributed by atoms with E-state index in [0.717, 1.165) is 12.1 Å². The van der Waals surface area contributed by atoms with Crippen molar-refractivity contribution in [2.24, 2.45) is 5.73 Å². The van der Waals surface area contributed by atoms with Gasteiger partial charge in [-0.25, -0.2) is 12.8 Å². The summed E-state index contributed by atoms with van der Waals surface area (Å²) in [6, 6.07) is 4.94. The number of H-pyrrole nitrogens is 1. The van der Waals surface area contributed by atoms with Gasteiger partial charge in [-0.15, -0.1) is 0 Å². The second-order valence-corrected chi connectivity index (χ2v) is 5.26. The van der Waals surface area contributed by atoms with E-state index in [9.17, 15) is 12.8 Å². The number of rotatable bonds is 4. The number of anilines is 1. The summed E-state index contributed by atoms with van der Waals surface area (Å²) >= 11 is 0. The zero-order valence-corrected chi connectivity index (χ0v) is 10.3. The minimum Gasteiger partial charge on any atom is -0.384 e. The molecule has 1 aromatic carbocycles. The van der Waals surface area contributed by atoms with E-state index < -0.39 is 20.7 Å². The summed E-state index contributed by atoms with van der Waals surface area (Å²) < 4.78 is 39.5. The molecular formula is C10H10FN5O2S. The Hall–Kier alpha value is -2.42. The Morgan fingerprint density at radius 1 is 1.42 bits per heavy atom. The van der Waals surface area contributed by atoms with E-state index in [1.54, 1.807) is 0 Å². The predicted octanol–water partition coefficient (Wildman–Crippen LogP) is 0.634. The van der Waals surface area contributed by atoms with Gasteiger partial charge in [0.2, 0.25) is 0 Å². The molecule has 0 aliphatic heterocycles. The number of nitrogen functional groups attached to an aromatic ring is 1. The van der Waals surface area contributed by atoms with E-state index in [0.29, 0.717) is 0 Å². The molecule has 0 aliphatic rings. The van der Waals surface area contributed by atoms with Crippen molar-refractivity contribution in [1.82, 2.24) is 10.2 Å². The average molecular weight is 283 g/mol. The third kappa shape index (κ3) is 2.55. The minimum absolute atomic E-state index is 0.0833. The third-order valence-corrected chi connectivity index (χ3v) is 3.68. The first kappa shape index (κ1) is 13.0. The normalized spacial score (nSPS) is 11.2. The summed E-state index contributed by atoms with van der Waals surface area (Å²) in [6.07, 6.45) is 1.20. The van der Waals surface area contributed by atoms with Gasteiger partial charge in [0.25, 0.3) is 10.0 Å². The molecule has 0 fully saturated rings. The Morgan fingerprint density at radius 3 is 2.74 bits per heavy atom. The van der Waals surface area contributed by atoms with Crippen molar-refractivity contribution in [2.45, 2.75) is 4.90 Å². The molecule has 0 amide bonds. The van der Waals surface area contributed by atoms with Crippen molar-refractivity contribution < 1.29 is 12.8 Å². The van der Waals surface area contributed by atoms with E-state index in [4.69, 9.17) is 11.1 Å². The molecule has 1 heterocycles. The van der Waals surface area contributed by atoms with Gasteiger partial charge in [-0.1, -0.05) is 12.1 Å². The van der Waals surface area contributed by atoms with Crippen molar-refractivity contribution in [3.63, 3.8) is 0 Å². The number of sulfonamides is 1. The van der Waals surface area contributed by atoms with E-state index in [-0.39, 0.29) is 17.2 Å². The van der Waals surface area contributed by atoms with Crippen LogP contribution in [0.3, 0.4) is 0 Å². The Labute approximate surface area is 108 Å². The first-order chi connectivity index (χ1) is 8.92. The van der Waals surface area contributed by atoms with Crippen molar-refractivity contribution >= 4 is 21.7 Å². The maximum Gasteiger partial charge on any atom is 0.265 e. The monoisotopic (exact) mass is 283 g/mol. The van der Waals surface area contributed by atoms with Crippen molar-refractivity contribution in [2.75, 3.05) is 4.72 Å². The number of hydrogen-bond donors (Lipinski definition) is 4. The maximum absolute atomic E-state index is 13.5. The van der Waals surface area contributed by atoms with E-state index in [2.05, 4.69) is 14.9 Å². The van der Waals surface area contributed by atoms with Crippen LogP contribution in [0.15, 0.2) is 35.4 Å². The second-order valence-electron chi connectivity index (χ2n) is 3.61. The zero-order chi connectivity index (χ0) is 14.0. The van der Waals surface area contributed by atoms with Crippen LogP contribution in [0.25, 0.3) is 0 Å². The molecule has 0 atom stereocenters. The lowest BCUT2D eigenvalue weighted by Gasteiger charge is -2.08. The molecule has 0 aliphatic carbocycles. The molecule has 100 valence electrons. The fourth-order valence-electron chi connectivity index (χ4n) is 1.42. The van der Waals surface area contributed by atoms with Crippen LogP contribution >= 0.6 is 0 Å². The molecule has 0 unspecified atom stereocenters. The Bertz CT molecular complexity index is 725. The second kappa shape index (κ2) is 4.69. The third-order valence-electron chi connectivity index (χ3n) is 2.29. The highest BCUT2D eigenvalue weighted by atomic mass is 32.2. The van der Waals surface area contributed by atoms with Gasteiger partial charge >= 0.3 is 0 Å². The van der Waals surface area contributed by atoms with Gasteiger partial charge in [-0.2, -0.15) is 5.10 Å². The lowest BCUT2D eigenvalue weighted by molar-refractivity contribution is 0.570. The number of aromatic amines is 1. The lowest BCUT2D eigenvalue weighted by atomic mass is 10.3. The van der Waals surface area contributed by atoms with Gasteiger partial charge in [0.05, 0.1) is 11.8 Å². The molecular weight excluding hydrogens is 273 g/mol. The summed E-state index contributed by atoms with van der Waals surface area (Å²) in [5, 5.41) is 13.2. The van der Waals surface area contributed by atoms with Crippen molar-refractivity contribution in [3.05, 3.63) is 41.8 Å². The smallest absolute Gasteiger partial charge is 0.265 e. The molecule has 0 radical (unpaired) electrons. The largest absolute Gasteiger partial charge is 0.384 e. The summed E-state index contributed by atoms with van der Waals surface area (Å²) in [5.74, 6) is -1.32. The molecule has 7 nitrogen and oxygen atoms in total. The molecule has 0 saturated carbocycles. The number of halogens is 1. The van der Waals surface area contributed by atoms with E-state index in [1.807, 2.05) is 0 Å². The van der Waals surface area contributed by atoms with Gasteiger partial charge in [0, 0.05) is 0 Å². The molecule has 5 N–H and O–H groups in total. The predicted molar refractivity (Wildman–Crippen MR) is 66.8 cm³/mol. The molecule has 2 aromatic rings. The van der Waals surface area contributed by atoms with Crippen LogP contribution < -0.4 is 10.5 Å². The van der Waals surface area contributed by atoms with Crippen molar-refractivity contribution in [1.29, 1.82) is 5.41 Å². The van der Waals surface area contributed by atoms with Crippen LogP contribution in [-0.2, 0) is 10.0 Å². The topological polar surface area (TPSA) is 125 Å². The number of benzene rings is 1.